The van der Waals surface area contributed by atoms with E-state index in [0.717, 1.165) is 11.8 Å². The van der Waals surface area contributed by atoms with E-state index in [0.29, 0.717) is 5.54 Å². The first-order valence-electron chi connectivity index (χ1n) is 5.83. The molecule has 82 valence electrons. The maximum Gasteiger partial charge on any atom is 0.0432 e. The van der Waals surface area contributed by atoms with Crippen molar-refractivity contribution in [3.8, 4) is 0 Å². The molecule has 2 aliphatic rings. The van der Waals surface area contributed by atoms with Crippen molar-refractivity contribution in [1.29, 1.82) is 0 Å². The predicted octanol–water partition coefficient (Wildman–Crippen LogP) is 1.70. The second kappa shape index (κ2) is 4.42. The maximum atomic E-state index is 6.01. The van der Waals surface area contributed by atoms with E-state index in [4.69, 9.17) is 5.73 Å². The van der Waals surface area contributed by atoms with Gasteiger partial charge >= 0.3 is 0 Å². The Kier molecular flexibility index (Phi) is 3.40. The molecule has 3 heteroatoms. The Morgan fingerprint density at radius 2 is 2.07 bits per heavy atom. The Morgan fingerprint density at radius 1 is 1.36 bits per heavy atom. The van der Waals surface area contributed by atoms with Crippen molar-refractivity contribution < 1.29 is 0 Å². The van der Waals surface area contributed by atoms with Crippen molar-refractivity contribution in [3.05, 3.63) is 0 Å². The zero-order valence-corrected chi connectivity index (χ0v) is 9.98. The zero-order chi connectivity index (χ0) is 10.0. The maximum absolute atomic E-state index is 6.01. The van der Waals surface area contributed by atoms with Crippen LogP contribution in [0.15, 0.2) is 0 Å². The molecule has 2 nitrogen and oxygen atoms in total. The number of nitrogens with two attached hydrogens (primary N) is 1. The van der Waals surface area contributed by atoms with Gasteiger partial charge < -0.3 is 5.73 Å². The second-order valence-electron chi connectivity index (χ2n) is 4.80. The average molecular weight is 214 g/mol. The van der Waals surface area contributed by atoms with Gasteiger partial charge in [-0.05, 0) is 32.4 Å². The van der Waals surface area contributed by atoms with E-state index in [2.05, 4.69) is 23.6 Å². The first-order chi connectivity index (χ1) is 6.77. The molecule has 2 atom stereocenters. The van der Waals surface area contributed by atoms with Crippen molar-refractivity contribution >= 4 is 11.8 Å². The van der Waals surface area contributed by atoms with Gasteiger partial charge in [0.05, 0.1) is 0 Å². The summed E-state index contributed by atoms with van der Waals surface area (Å²) < 4.78 is 0. The number of piperidine rings is 1. The molecular formula is C11H22N2S. The summed E-state index contributed by atoms with van der Waals surface area (Å²) in [5.74, 6) is 1.25. The van der Waals surface area contributed by atoms with Crippen LogP contribution < -0.4 is 5.73 Å². The Bertz CT molecular complexity index is 192. The normalized spacial score (nSPS) is 40.3. The van der Waals surface area contributed by atoms with Crippen molar-refractivity contribution in [2.75, 3.05) is 25.4 Å². The molecule has 0 aromatic carbocycles. The van der Waals surface area contributed by atoms with Crippen LogP contribution in [0, 0.1) is 0 Å². The fourth-order valence-corrected chi connectivity index (χ4v) is 4.25. The molecule has 14 heavy (non-hydrogen) atoms. The lowest BCUT2D eigenvalue weighted by molar-refractivity contribution is 0.0894. The largest absolute Gasteiger partial charge is 0.329 e. The van der Waals surface area contributed by atoms with E-state index >= 15 is 0 Å². The minimum Gasteiger partial charge on any atom is -0.329 e. The smallest absolute Gasteiger partial charge is 0.0432 e. The van der Waals surface area contributed by atoms with E-state index in [1.165, 1.54) is 44.5 Å². The van der Waals surface area contributed by atoms with Crippen molar-refractivity contribution in [2.45, 2.75) is 43.4 Å². The minimum absolute atomic E-state index is 0.352. The fraction of sp³-hybridized carbons (Fsp3) is 1.00. The standard InChI is InChI=1S/C11H22N2S/c1-10-7-11(8-12,9-14-10)13-5-3-2-4-6-13/h10H,2-9,12H2,1H3. The van der Waals surface area contributed by atoms with E-state index in [9.17, 15) is 0 Å². The first kappa shape index (κ1) is 10.8. The van der Waals surface area contributed by atoms with Gasteiger partial charge in [0.15, 0.2) is 0 Å². The van der Waals surface area contributed by atoms with Crippen LogP contribution >= 0.6 is 11.8 Å². The third kappa shape index (κ3) is 1.95. The molecular weight excluding hydrogens is 192 g/mol. The molecule has 2 unspecified atom stereocenters. The first-order valence-corrected chi connectivity index (χ1v) is 6.88. The third-order valence-electron chi connectivity index (χ3n) is 3.71. The summed E-state index contributed by atoms with van der Waals surface area (Å²) in [5, 5.41) is 0.806. The number of likely N-dealkylation sites (tertiary alicyclic amines) is 1. The fourth-order valence-electron chi connectivity index (χ4n) is 2.81. The summed E-state index contributed by atoms with van der Waals surface area (Å²) in [6, 6.07) is 0. The number of hydrogen-bond acceptors (Lipinski definition) is 3. The Morgan fingerprint density at radius 3 is 2.57 bits per heavy atom. The van der Waals surface area contributed by atoms with Crippen LogP contribution in [0.5, 0.6) is 0 Å². The Balaban J connectivity index is 2.03. The molecule has 2 saturated heterocycles. The molecule has 0 spiro atoms. The summed E-state index contributed by atoms with van der Waals surface area (Å²) in [6.45, 7) is 5.76. The lowest BCUT2D eigenvalue weighted by Crippen LogP contribution is -2.56. The van der Waals surface area contributed by atoms with Gasteiger partial charge in [-0.25, -0.2) is 0 Å². The van der Waals surface area contributed by atoms with E-state index in [-0.39, 0.29) is 0 Å². The van der Waals surface area contributed by atoms with Crippen LogP contribution in [-0.2, 0) is 0 Å². The van der Waals surface area contributed by atoms with Crippen LogP contribution in [0.3, 0.4) is 0 Å². The van der Waals surface area contributed by atoms with E-state index in [1.54, 1.807) is 0 Å². The monoisotopic (exact) mass is 214 g/mol. The van der Waals surface area contributed by atoms with Gasteiger partial charge in [-0.2, -0.15) is 11.8 Å². The van der Waals surface area contributed by atoms with Crippen LogP contribution in [0.25, 0.3) is 0 Å². The van der Waals surface area contributed by atoms with Gasteiger partial charge in [0.25, 0.3) is 0 Å². The second-order valence-corrected chi connectivity index (χ2v) is 6.23. The summed E-state index contributed by atoms with van der Waals surface area (Å²) in [7, 11) is 0. The highest BCUT2D eigenvalue weighted by Gasteiger charge is 2.41. The van der Waals surface area contributed by atoms with Crippen LogP contribution in [0.4, 0.5) is 0 Å². The van der Waals surface area contributed by atoms with E-state index < -0.39 is 0 Å². The third-order valence-corrected chi connectivity index (χ3v) is 5.15. The predicted molar refractivity (Wildman–Crippen MR) is 63.7 cm³/mol. The number of hydrogen-bond donors (Lipinski definition) is 1. The van der Waals surface area contributed by atoms with Crippen LogP contribution in [-0.4, -0.2) is 41.1 Å². The molecule has 0 aliphatic carbocycles. The average Bonchev–Trinajstić information content (AvgIpc) is 2.63. The highest BCUT2D eigenvalue weighted by atomic mass is 32.2. The van der Waals surface area contributed by atoms with Gasteiger partial charge in [-0.15, -0.1) is 0 Å². The van der Waals surface area contributed by atoms with Crippen molar-refractivity contribution in [2.24, 2.45) is 5.73 Å². The molecule has 2 aliphatic heterocycles. The van der Waals surface area contributed by atoms with Crippen molar-refractivity contribution in [1.82, 2.24) is 4.90 Å². The van der Waals surface area contributed by atoms with Gasteiger partial charge in [-0.1, -0.05) is 13.3 Å². The molecule has 2 heterocycles. The lowest BCUT2D eigenvalue weighted by Gasteiger charge is -2.42. The number of thioether (sulfide) groups is 1. The summed E-state index contributed by atoms with van der Waals surface area (Å²) >= 11 is 2.10. The molecule has 0 aromatic rings. The van der Waals surface area contributed by atoms with Gasteiger partial charge in [0.2, 0.25) is 0 Å². The Labute approximate surface area is 91.6 Å². The molecule has 2 N–H and O–H groups in total. The molecule has 2 fully saturated rings. The number of nitrogens with zero attached hydrogens (tertiary/aromatic N) is 1. The molecule has 2 rings (SSSR count). The molecule has 0 aromatic heterocycles. The molecule has 0 radical (unpaired) electrons. The minimum atomic E-state index is 0.352. The molecule has 0 saturated carbocycles. The molecule has 0 bridgehead atoms. The van der Waals surface area contributed by atoms with Crippen LogP contribution in [0.2, 0.25) is 0 Å². The molecule has 0 amide bonds. The highest BCUT2D eigenvalue weighted by molar-refractivity contribution is 8.00. The summed E-state index contributed by atoms with van der Waals surface area (Å²) in [6.07, 6.45) is 5.47. The van der Waals surface area contributed by atoms with Crippen LogP contribution in [0.1, 0.15) is 32.6 Å². The van der Waals surface area contributed by atoms with Gasteiger partial charge in [0, 0.05) is 23.1 Å². The Hall–Kier alpha value is 0.270. The quantitative estimate of drug-likeness (QED) is 0.758. The van der Waals surface area contributed by atoms with Crippen molar-refractivity contribution in [3.63, 3.8) is 0 Å². The van der Waals surface area contributed by atoms with Gasteiger partial charge in [0.1, 0.15) is 0 Å². The highest BCUT2D eigenvalue weighted by Crippen LogP contribution is 2.39. The summed E-state index contributed by atoms with van der Waals surface area (Å²) in [4.78, 5) is 2.67. The van der Waals surface area contributed by atoms with Gasteiger partial charge in [-0.3, -0.25) is 4.90 Å². The van der Waals surface area contributed by atoms with E-state index in [1.807, 2.05) is 0 Å². The topological polar surface area (TPSA) is 29.3 Å². The SMILES string of the molecule is CC1CC(CN)(N2CCCCC2)CS1. The zero-order valence-electron chi connectivity index (χ0n) is 9.17. The lowest BCUT2D eigenvalue weighted by atomic mass is 9.91. The summed E-state index contributed by atoms with van der Waals surface area (Å²) in [5.41, 5.74) is 6.36. The number of rotatable bonds is 2.